The molecular formula is C35H42N6O3S. The van der Waals surface area contributed by atoms with Crippen molar-refractivity contribution in [2.24, 2.45) is 11.7 Å². The molecule has 0 aliphatic carbocycles. The number of thiocarbonyl (C=S) groups is 1. The van der Waals surface area contributed by atoms with Crippen LogP contribution in [0.15, 0.2) is 91.0 Å². The molecule has 6 N–H and O–H groups in total. The normalized spacial score (nSPS) is 21.8. The summed E-state index contributed by atoms with van der Waals surface area (Å²) in [6, 6.07) is 26.9. The van der Waals surface area contributed by atoms with Gasteiger partial charge in [-0.2, -0.15) is 0 Å². The Balaban J connectivity index is 1.38. The van der Waals surface area contributed by atoms with Crippen molar-refractivity contribution in [1.82, 2.24) is 26.2 Å². The minimum Gasteiger partial charge on any atom is -0.376 e. The van der Waals surface area contributed by atoms with Gasteiger partial charge in [0.15, 0.2) is 5.11 Å². The molecule has 3 amide bonds. The average molecular weight is 627 g/mol. The van der Waals surface area contributed by atoms with Crippen LogP contribution in [0.1, 0.15) is 48.4 Å². The van der Waals surface area contributed by atoms with E-state index in [1.165, 1.54) is 0 Å². The number of rotatable bonds is 11. The highest BCUT2D eigenvalue weighted by atomic mass is 32.1. The molecule has 2 aliphatic heterocycles. The van der Waals surface area contributed by atoms with E-state index in [1.807, 2.05) is 91.0 Å². The number of carbonyl (C=O) groups excluding carboxylic acids is 3. The lowest BCUT2D eigenvalue weighted by atomic mass is 9.92. The van der Waals surface area contributed by atoms with E-state index in [9.17, 15) is 14.4 Å². The van der Waals surface area contributed by atoms with E-state index in [0.717, 1.165) is 16.7 Å². The Morgan fingerprint density at radius 2 is 1.47 bits per heavy atom. The molecule has 0 saturated carbocycles. The van der Waals surface area contributed by atoms with Gasteiger partial charge < -0.3 is 31.9 Å². The number of carbonyl (C=O) groups is 3. The fourth-order valence-corrected chi connectivity index (χ4v) is 6.73. The van der Waals surface area contributed by atoms with Crippen molar-refractivity contribution in [1.29, 1.82) is 0 Å². The summed E-state index contributed by atoms with van der Waals surface area (Å²) in [5, 5.41) is 12.6. The van der Waals surface area contributed by atoms with Gasteiger partial charge in [-0.25, -0.2) is 0 Å². The van der Waals surface area contributed by atoms with Gasteiger partial charge in [-0.05, 0) is 68.1 Å². The zero-order valence-corrected chi connectivity index (χ0v) is 26.3. The Hall–Kier alpha value is -4.28. The predicted molar refractivity (Wildman–Crippen MR) is 179 cm³/mol. The Bertz CT molecular complexity index is 1420. The van der Waals surface area contributed by atoms with Gasteiger partial charge >= 0.3 is 0 Å². The molecule has 45 heavy (non-hydrogen) atoms. The molecule has 3 aromatic carbocycles. The van der Waals surface area contributed by atoms with Crippen LogP contribution in [-0.2, 0) is 20.8 Å². The maximum Gasteiger partial charge on any atom is 0.246 e. The van der Waals surface area contributed by atoms with Crippen LogP contribution < -0.4 is 27.0 Å². The average Bonchev–Trinajstić information content (AvgIpc) is 3.45. The van der Waals surface area contributed by atoms with Crippen molar-refractivity contribution in [2.45, 2.75) is 62.3 Å². The number of benzene rings is 3. The lowest BCUT2D eigenvalue weighted by Crippen LogP contribution is -2.59. The first-order chi connectivity index (χ1) is 21.9. The first kappa shape index (κ1) is 32.1. The molecule has 3 aromatic rings. The van der Waals surface area contributed by atoms with E-state index in [1.54, 1.807) is 11.9 Å². The van der Waals surface area contributed by atoms with Gasteiger partial charge in [0.25, 0.3) is 0 Å². The summed E-state index contributed by atoms with van der Waals surface area (Å²) in [6.45, 7) is 0.344. The molecule has 2 saturated heterocycles. The predicted octanol–water partition coefficient (Wildman–Crippen LogP) is 2.81. The number of nitrogens with two attached hydrogens (primary N) is 1. The van der Waals surface area contributed by atoms with Crippen LogP contribution in [0.2, 0.25) is 0 Å². The molecule has 0 bridgehead atoms. The number of hydrogen-bond donors (Lipinski definition) is 5. The van der Waals surface area contributed by atoms with Crippen molar-refractivity contribution in [3.8, 4) is 0 Å². The van der Waals surface area contributed by atoms with E-state index >= 15 is 0 Å². The molecule has 0 radical (unpaired) electrons. The van der Waals surface area contributed by atoms with Gasteiger partial charge in [0, 0.05) is 18.5 Å². The summed E-state index contributed by atoms with van der Waals surface area (Å²) in [6.07, 6.45) is 3.13. The fraction of sp³-hybridized carbons (Fsp3) is 0.371. The molecule has 236 valence electrons. The Morgan fingerprint density at radius 3 is 2.04 bits per heavy atom. The Labute approximate surface area is 270 Å². The molecule has 2 fully saturated rings. The fourth-order valence-electron chi connectivity index (χ4n) is 6.64. The third-order valence-corrected chi connectivity index (χ3v) is 9.15. The summed E-state index contributed by atoms with van der Waals surface area (Å²) >= 11 is 5.06. The van der Waals surface area contributed by atoms with E-state index in [2.05, 4.69) is 21.3 Å². The van der Waals surface area contributed by atoms with Crippen LogP contribution >= 0.6 is 12.2 Å². The van der Waals surface area contributed by atoms with Gasteiger partial charge in [0.2, 0.25) is 17.7 Å². The van der Waals surface area contributed by atoms with Crippen LogP contribution in [-0.4, -0.2) is 65.5 Å². The SMILES string of the molecule is CNC(Cc1ccccc1)C(=O)N[C@@H]1C(=O)N2C(CCC1CNC(N)=S)CC[C@H]2C(=O)NC(c1ccccc1)c1ccccc1. The van der Waals surface area contributed by atoms with Gasteiger partial charge in [-0.3, -0.25) is 14.4 Å². The van der Waals surface area contributed by atoms with Gasteiger partial charge in [-0.15, -0.1) is 0 Å². The zero-order chi connectivity index (χ0) is 31.8. The third kappa shape index (κ3) is 7.87. The Morgan fingerprint density at radius 1 is 0.889 bits per heavy atom. The molecule has 9 nitrogen and oxygen atoms in total. The lowest BCUT2D eigenvalue weighted by Gasteiger charge is -2.33. The molecule has 5 atom stereocenters. The molecule has 5 rings (SSSR count). The quantitative estimate of drug-likeness (QED) is 0.207. The maximum absolute atomic E-state index is 14.4. The summed E-state index contributed by atoms with van der Waals surface area (Å²) < 4.78 is 0. The number of hydrogen-bond acceptors (Lipinski definition) is 5. The van der Waals surface area contributed by atoms with Gasteiger partial charge in [0.05, 0.1) is 12.1 Å². The maximum atomic E-state index is 14.4. The summed E-state index contributed by atoms with van der Waals surface area (Å²) in [7, 11) is 1.74. The van der Waals surface area contributed by atoms with Crippen molar-refractivity contribution < 1.29 is 14.4 Å². The molecule has 2 aliphatic rings. The van der Waals surface area contributed by atoms with E-state index in [-0.39, 0.29) is 40.8 Å². The van der Waals surface area contributed by atoms with E-state index in [0.29, 0.717) is 38.6 Å². The summed E-state index contributed by atoms with van der Waals surface area (Å²) in [4.78, 5) is 43.9. The second-order valence-corrected chi connectivity index (χ2v) is 12.3. The van der Waals surface area contributed by atoms with Gasteiger partial charge in [0.1, 0.15) is 12.1 Å². The molecule has 3 unspecified atom stereocenters. The summed E-state index contributed by atoms with van der Waals surface area (Å²) in [5.41, 5.74) is 8.68. The molecule has 0 spiro atoms. The second kappa shape index (κ2) is 15.1. The lowest BCUT2D eigenvalue weighted by molar-refractivity contribution is -0.143. The first-order valence-electron chi connectivity index (χ1n) is 15.6. The van der Waals surface area contributed by atoms with Crippen molar-refractivity contribution >= 4 is 35.1 Å². The number of nitrogens with one attached hydrogen (secondary N) is 4. The van der Waals surface area contributed by atoms with Crippen LogP contribution in [0, 0.1) is 5.92 Å². The molecule has 0 aromatic heterocycles. The standard InChI is InChI=1S/C35H42N6O3S/c1-37-28(21-23-11-5-2-6-12-23)32(42)40-31-26(22-38-35(36)45)17-18-27-19-20-29(41(27)34(31)44)33(43)39-30(24-13-7-3-8-14-24)25-15-9-4-10-16-25/h2-16,26-31,37H,17-22H2,1H3,(H,39,43)(H,40,42)(H3,36,38,45)/t26?,27?,28?,29-,31-/m0/s1. The number of likely N-dealkylation sites (N-methyl/N-ethyl adjacent to an activating group) is 1. The second-order valence-electron chi connectivity index (χ2n) is 11.9. The molecule has 2 heterocycles. The number of amides is 3. The van der Waals surface area contributed by atoms with Crippen LogP contribution in [0.25, 0.3) is 0 Å². The number of fused-ring (bicyclic) bond motifs is 1. The van der Waals surface area contributed by atoms with Crippen LogP contribution in [0.5, 0.6) is 0 Å². The molecular weight excluding hydrogens is 584 g/mol. The largest absolute Gasteiger partial charge is 0.376 e. The first-order valence-corrected chi connectivity index (χ1v) is 16.0. The highest BCUT2D eigenvalue weighted by Gasteiger charge is 2.48. The monoisotopic (exact) mass is 626 g/mol. The minimum absolute atomic E-state index is 0.0983. The van der Waals surface area contributed by atoms with Crippen molar-refractivity contribution in [3.63, 3.8) is 0 Å². The third-order valence-electron chi connectivity index (χ3n) is 9.00. The number of nitrogens with zero attached hydrogens (tertiary/aromatic N) is 1. The highest BCUT2D eigenvalue weighted by Crippen LogP contribution is 2.35. The summed E-state index contributed by atoms with van der Waals surface area (Å²) in [5.74, 6) is -0.978. The van der Waals surface area contributed by atoms with Crippen molar-refractivity contribution in [3.05, 3.63) is 108 Å². The topological polar surface area (TPSA) is 129 Å². The highest BCUT2D eigenvalue weighted by molar-refractivity contribution is 7.80. The van der Waals surface area contributed by atoms with E-state index in [4.69, 9.17) is 18.0 Å². The van der Waals surface area contributed by atoms with Crippen molar-refractivity contribution in [2.75, 3.05) is 13.6 Å². The van der Waals surface area contributed by atoms with Gasteiger partial charge in [-0.1, -0.05) is 91.0 Å². The van der Waals surface area contributed by atoms with Crippen LogP contribution in [0.3, 0.4) is 0 Å². The van der Waals surface area contributed by atoms with E-state index < -0.39 is 18.1 Å². The Kier molecular flexibility index (Phi) is 10.8. The zero-order valence-electron chi connectivity index (χ0n) is 25.5. The van der Waals surface area contributed by atoms with Crippen LogP contribution in [0.4, 0.5) is 0 Å². The minimum atomic E-state index is -0.844. The smallest absolute Gasteiger partial charge is 0.246 e. The molecule has 10 heteroatoms.